The van der Waals surface area contributed by atoms with Crippen molar-refractivity contribution >= 4 is 23.0 Å². The van der Waals surface area contributed by atoms with Crippen LogP contribution in [0.3, 0.4) is 0 Å². The van der Waals surface area contributed by atoms with Crippen LogP contribution in [-0.4, -0.2) is 18.0 Å². The van der Waals surface area contributed by atoms with Crippen LogP contribution < -0.4 is 0 Å². The predicted molar refractivity (Wildman–Crippen MR) is 110 cm³/mol. The van der Waals surface area contributed by atoms with Gasteiger partial charge in [0.1, 0.15) is 5.16 Å². The van der Waals surface area contributed by atoms with Gasteiger partial charge in [0.25, 0.3) is 0 Å². The van der Waals surface area contributed by atoms with Crippen molar-refractivity contribution in [1.82, 2.24) is 0 Å². The van der Waals surface area contributed by atoms with E-state index in [1.807, 2.05) is 54.6 Å². The third-order valence-electron chi connectivity index (χ3n) is 4.29. The number of aliphatic imine (C=N–C) groups is 2. The van der Waals surface area contributed by atoms with Crippen molar-refractivity contribution in [3.63, 3.8) is 0 Å². The zero-order chi connectivity index (χ0) is 17.8. The minimum atomic E-state index is 0.451. The Labute approximate surface area is 158 Å². The molecule has 0 radical (unpaired) electrons. The van der Waals surface area contributed by atoms with E-state index in [1.165, 1.54) is 11.1 Å². The smallest absolute Gasteiger partial charge is 0.131 e. The molecule has 0 aliphatic carbocycles. The van der Waals surface area contributed by atoms with E-state index in [4.69, 9.17) is 16.6 Å². The molecule has 0 fully saturated rings. The minimum absolute atomic E-state index is 0.451. The summed E-state index contributed by atoms with van der Waals surface area (Å²) < 4.78 is 0. The molecule has 3 aromatic rings. The molecule has 0 atom stereocenters. The molecular weight excluding hydrogens is 340 g/mol. The molecule has 0 N–H and O–H groups in total. The molecule has 0 saturated heterocycles. The number of rotatable bonds is 3. The molecule has 1 heterocycles. The number of hydrogen-bond donors (Lipinski definition) is 0. The summed E-state index contributed by atoms with van der Waals surface area (Å²) in [6, 6.07) is 28.7. The third-order valence-corrected chi connectivity index (χ3v) is 4.49. The lowest BCUT2D eigenvalue weighted by Crippen LogP contribution is -2.06. The molecule has 126 valence electrons. The summed E-state index contributed by atoms with van der Waals surface area (Å²) in [5, 5.41) is 0.451. The minimum Gasteiger partial charge on any atom is -0.278 e. The van der Waals surface area contributed by atoms with E-state index in [1.54, 1.807) is 0 Å². The van der Waals surface area contributed by atoms with Crippen LogP contribution in [0.5, 0.6) is 0 Å². The Kier molecular flexibility index (Phi) is 4.76. The average molecular weight is 357 g/mol. The number of halogens is 1. The standard InChI is InChI=1S/C23H17ClN2/c24-23-15-21(19-9-5-2-6-10-19)25-16-22(26-23)20-13-11-18(12-14-20)17-7-3-1-4-8-17/h1-15H,16H2. The molecule has 0 aromatic heterocycles. The fourth-order valence-corrected chi connectivity index (χ4v) is 3.15. The van der Waals surface area contributed by atoms with Gasteiger partial charge in [-0.1, -0.05) is 96.5 Å². The molecule has 1 aliphatic rings. The molecule has 2 nitrogen and oxygen atoms in total. The number of benzene rings is 3. The topological polar surface area (TPSA) is 24.7 Å². The zero-order valence-corrected chi connectivity index (χ0v) is 14.9. The van der Waals surface area contributed by atoms with Crippen LogP contribution >= 0.6 is 11.6 Å². The molecule has 0 bridgehead atoms. The second-order valence-corrected chi connectivity index (χ2v) is 6.42. The molecule has 26 heavy (non-hydrogen) atoms. The quantitative estimate of drug-likeness (QED) is 0.536. The molecule has 0 amide bonds. The number of allylic oxidation sites excluding steroid dienone is 1. The summed E-state index contributed by atoms with van der Waals surface area (Å²) in [6.45, 7) is 0.502. The van der Waals surface area contributed by atoms with E-state index in [0.29, 0.717) is 11.7 Å². The second-order valence-electron chi connectivity index (χ2n) is 6.04. The maximum absolute atomic E-state index is 6.33. The molecular formula is C23H17ClN2. The first-order chi connectivity index (χ1) is 12.8. The Morgan fingerprint density at radius 3 is 1.81 bits per heavy atom. The first-order valence-corrected chi connectivity index (χ1v) is 8.88. The highest BCUT2D eigenvalue weighted by molar-refractivity contribution is 6.33. The predicted octanol–water partition coefficient (Wildman–Crippen LogP) is 5.73. The molecule has 0 unspecified atom stereocenters. The van der Waals surface area contributed by atoms with Gasteiger partial charge in [0.05, 0.1) is 18.0 Å². The first-order valence-electron chi connectivity index (χ1n) is 8.50. The van der Waals surface area contributed by atoms with E-state index >= 15 is 0 Å². The van der Waals surface area contributed by atoms with Crippen molar-refractivity contribution in [1.29, 1.82) is 0 Å². The van der Waals surface area contributed by atoms with Crippen molar-refractivity contribution in [2.45, 2.75) is 0 Å². The van der Waals surface area contributed by atoms with Crippen molar-refractivity contribution < 1.29 is 0 Å². The Morgan fingerprint density at radius 2 is 1.15 bits per heavy atom. The highest BCUT2D eigenvalue weighted by atomic mass is 35.5. The summed E-state index contributed by atoms with van der Waals surface area (Å²) in [5.41, 5.74) is 6.19. The normalized spacial score (nSPS) is 14.1. The fraction of sp³-hybridized carbons (Fsp3) is 0.0435. The van der Waals surface area contributed by atoms with E-state index in [0.717, 1.165) is 22.6 Å². The van der Waals surface area contributed by atoms with Gasteiger partial charge in [-0.05, 0) is 22.3 Å². The Bertz CT molecular complexity index is 985. The Morgan fingerprint density at radius 1 is 0.615 bits per heavy atom. The van der Waals surface area contributed by atoms with Crippen LogP contribution in [0.25, 0.3) is 11.1 Å². The van der Waals surface area contributed by atoms with Gasteiger partial charge in [0, 0.05) is 6.08 Å². The Balaban J connectivity index is 1.61. The zero-order valence-electron chi connectivity index (χ0n) is 14.1. The van der Waals surface area contributed by atoms with Crippen LogP contribution in [-0.2, 0) is 0 Å². The lowest BCUT2D eigenvalue weighted by molar-refractivity contribution is 1.28. The summed E-state index contributed by atoms with van der Waals surface area (Å²) in [5.74, 6) is 0. The van der Waals surface area contributed by atoms with Crippen LogP contribution in [0.1, 0.15) is 11.1 Å². The highest BCUT2D eigenvalue weighted by Crippen LogP contribution is 2.21. The van der Waals surface area contributed by atoms with Crippen LogP contribution in [0.2, 0.25) is 0 Å². The van der Waals surface area contributed by atoms with E-state index < -0.39 is 0 Å². The summed E-state index contributed by atoms with van der Waals surface area (Å²) in [6.07, 6.45) is 1.82. The van der Waals surface area contributed by atoms with Gasteiger partial charge in [-0.15, -0.1) is 0 Å². The summed E-state index contributed by atoms with van der Waals surface area (Å²) >= 11 is 6.33. The molecule has 0 saturated carbocycles. The van der Waals surface area contributed by atoms with Crippen molar-refractivity contribution in [2.24, 2.45) is 9.98 Å². The van der Waals surface area contributed by atoms with E-state index in [9.17, 15) is 0 Å². The monoisotopic (exact) mass is 356 g/mol. The van der Waals surface area contributed by atoms with Gasteiger partial charge in [0.15, 0.2) is 0 Å². The molecule has 4 rings (SSSR count). The van der Waals surface area contributed by atoms with E-state index in [-0.39, 0.29) is 0 Å². The van der Waals surface area contributed by atoms with Gasteiger partial charge in [-0.25, -0.2) is 4.99 Å². The lowest BCUT2D eigenvalue weighted by atomic mass is 10.0. The molecule has 0 spiro atoms. The molecule has 1 aliphatic heterocycles. The van der Waals surface area contributed by atoms with Crippen LogP contribution in [0.15, 0.2) is 106 Å². The van der Waals surface area contributed by atoms with Crippen molar-refractivity contribution in [2.75, 3.05) is 6.54 Å². The van der Waals surface area contributed by atoms with Crippen LogP contribution in [0.4, 0.5) is 0 Å². The summed E-state index contributed by atoms with van der Waals surface area (Å²) in [7, 11) is 0. The third kappa shape index (κ3) is 3.66. The maximum Gasteiger partial charge on any atom is 0.131 e. The maximum atomic E-state index is 6.33. The largest absolute Gasteiger partial charge is 0.278 e. The van der Waals surface area contributed by atoms with Gasteiger partial charge < -0.3 is 0 Å². The SMILES string of the molecule is ClC1=CC(c2ccccc2)=NCC(c2ccc(-c3ccccc3)cc2)=N1. The van der Waals surface area contributed by atoms with Crippen molar-refractivity contribution in [3.8, 4) is 11.1 Å². The van der Waals surface area contributed by atoms with Gasteiger partial charge >= 0.3 is 0 Å². The van der Waals surface area contributed by atoms with Crippen LogP contribution in [0, 0.1) is 0 Å². The number of nitrogens with zero attached hydrogens (tertiary/aromatic N) is 2. The molecule has 3 heteroatoms. The first kappa shape index (κ1) is 16.5. The second kappa shape index (κ2) is 7.51. The van der Waals surface area contributed by atoms with Crippen molar-refractivity contribution in [3.05, 3.63) is 107 Å². The van der Waals surface area contributed by atoms with E-state index in [2.05, 4.69) is 41.4 Å². The summed E-state index contributed by atoms with van der Waals surface area (Å²) in [4.78, 5) is 9.26. The lowest BCUT2D eigenvalue weighted by Gasteiger charge is -2.06. The average Bonchev–Trinajstić information content (AvgIpc) is 2.91. The van der Waals surface area contributed by atoms with Gasteiger partial charge in [0.2, 0.25) is 0 Å². The molecule has 3 aromatic carbocycles. The van der Waals surface area contributed by atoms with Gasteiger partial charge in [-0.2, -0.15) is 0 Å². The fourth-order valence-electron chi connectivity index (χ4n) is 2.94. The number of hydrogen-bond acceptors (Lipinski definition) is 2. The highest BCUT2D eigenvalue weighted by Gasteiger charge is 2.11. The van der Waals surface area contributed by atoms with Gasteiger partial charge in [-0.3, -0.25) is 4.99 Å². The Hall–Kier alpha value is -2.97.